The van der Waals surface area contributed by atoms with Gasteiger partial charge in [-0.3, -0.25) is 0 Å². The number of benzene rings is 1. The van der Waals surface area contributed by atoms with Crippen LogP contribution in [0.1, 0.15) is 11.3 Å². The van der Waals surface area contributed by atoms with Gasteiger partial charge in [-0.1, -0.05) is 23.7 Å². The zero-order chi connectivity index (χ0) is 12.3. The van der Waals surface area contributed by atoms with E-state index in [2.05, 4.69) is 4.98 Å². The lowest BCUT2D eigenvalue weighted by Gasteiger charge is -2.08. The van der Waals surface area contributed by atoms with Crippen LogP contribution in [0.2, 0.25) is 5.02 Å². The predicted molar refractivity (Wildman–Crippen MR) is 66.4 cm³/mol. The number of aliphatic hydroxyl groups excluding tert-OH is 1. The van der Waals surface area contributed by atoms with Crippen LogP contribution >= 0.6 is 11.6 Å². The van der Waals surface area contributed by atoms with Gasteiger partial charge in [-0.25, -0.2) is 4.98 Å². The lowest BCUT2D eigenvalue weighted by atomic mass is 10.2. The summed E-state index contributed by atoms with van der Waals surface area (Å²) in [5, 5.41) is 9.52. The van der Waals surface area contributed by atoms with Gasteiger partial charge in [0, 0.05) is 6.07 Å². The lowest BCUT2D eigenvalue weighted by Crippen LogP contribution is -1.93. The van der Waals surface area contributed by atoms with Crippen LogP contribution in [-0.2, 0) is 6.61 Å². The normalized spacial score (nSPS) is 10.3. The minimum atomic E-state index is -0.112. The second-order valence-corrected chi connectivity index (χ2v) is 4.07. The molecule has 0 amide bonds. The Hall–Kier alpha value is -1.58. The fraction of sp³-hybridized carbons (Fsp3) is 0.154. The van der Waals surface area contributed by atoms with Crippen LogP contribution in [0.25, 0.3) is 0 Å². The highest BCUT2D eigenvalue weighted by atomic mass is 35.5. The smallest absolute Gasteiger partial charge is 0.219 e. The number of halogens is 1. The van der Waals surface area contributed by atoms with Gasteiger partial charge in [0.15, 0.2) is 0 Å². The molecule has 0 spiro atoms. The molecular formula is C13H12ClNO2. The topological polar surface area (TPSA) is 42.4 Å². The third-order valence-corrected chi connectivity index (χ3v) is 2.56. The van der Waals surface area contributed by atoms with Crippen molar-refractivity contribution in [1.82, 2.24) is 4.98 Å². The molecule has 0 unspecified atom stereocenters. The molecule has 1 aromatic heterocycles. The Morgan fingerprint density at radius 3 is 2.88 bits per heavy atom. The first-order valence-corrected chi connectivity index (χ1v) is 5.57. The van der Waals surface area contributed by atoms with E-state index in [0.717, 1.165) is 5.56 Å². The molecule has 0 fully saturated rings. The number of hydrogen-bond acceptors (Lipinski definition) is 3. The minimum Gasteiger partial charge on any atom is -0.437 e. The van der Waals surface area contributed by atoms with Crippen LogP contribution in [0.4, 0.5) is 0 Å². The van der Waals surface area contributed by atoms with Crippen molar-refractivity contribution in [1.29, 1.82) is 0 Å². The Labute approximate surface area is 105 Å². The summed E-state index contributed by atoms with van der Waals surface area (Å²) < 4.78 is 5.58. The summed E-state index contributed by atoms with van der Waals surface area (Å²) >= 11 is 6.02. The molecule has 0 saturated carbocycles. The standard InChI is InChI=1S/C13H12ClNO2/c1-9-5-6-11(14)12(7-9)17-13-4-2-3-10(8-16)15-13/h2-7,16H,8H2,1H3. The van der Waals surface area contributed by atoms with Crippen molar-refractivity contribution in [3.05, 3.63) is 52.7 Å². The molecule has 1 aromatic carbocycles. The van der Waals surface area contributed by atoms with E-state index in [4.69, 9.17) is 21.4 Å². The predicted octanol–water partition coefficient (Wildman–Crippen LogP) is 3.33. The molecule has 3 nitrogen and oxygen atoms in total. The Morgan fingerprint density at radius 1 is 1.29 bits per heavy atom. The van der Waals surface area contributed by atoms with E-state index >= 15 is 0 Å². The van der Waals surface area contributed by atoms with Crippen LogP contribution in [0.15, 0.2) is 36.4 Å². The number of ether oxygens (including phenoxy) is 1. The van der Waals surface area contributed by atoms with E-state index in [1.165, 1.54) is 0 Å². The quantitative estimate of drug-likeness (QED) is 0.907. The average Bonchev–Trinajstić information content (AvgIpc) is 2.34. The molecule has 17 heavy (non-hydrogen) atoms. The Balaban J connectivity index is 2.27. The molecule has 0 aliphatic carbocycles. The van der Waals surface area contributed by atoms with Gasteiger partial charge in [0.1, 0.15) is 5.75 Å². The number of aryl methyl sites for hydroxylation is 1. The van der Waals surface area contributed by atoms with Gasteiger partial charge in [0.2, 0.25) is 5.88 Å². The number of aliphatic hydroxyl groups is 1. The summed E-state index contributed by atoms with van der Waals surface area (Å²) in [4.78, 5) is 4.13. The van der Waals surface area contributed by atoms with Crippen LogP contribution in [0, 0.1) is 6.92 Å². The first-order valence-electron chi connectivity index (χ1n) is 5.20. The van der Waals surface area contributed by atoms with E-state index in [1.54, 1.807) is 24.3 Å². The maximum Gasteiger partial charge on any atom is 0.219 e. The maximum absolute atomic E-state index is 8.98. The zero-order valence-corrected chi connectivity index (χ0v) is 10.1. The minimum absolute atomic E-state index is 0.112. The highest BCUT2D eigenvalue weighted by Gasteiger charge is 2.04. The Kier molecular flexibility index (Phi) is 3.61. The number of aromatic nitrogens is 1. The van der Waals surface area contributed by atoms with Crippen molar-refractivity contribution in [2.75, 3.05) is 0 Å². The first-order chi connectivity index (χ1) is 8.19. The molecule has 0 saturated heterocycles. The second kappa shape index (κ2) is 5.17. The molecule has 0 aliphatic rings. The van der Waals surface area contributed by atoms with E-state index < -0.39 is 0 Å². The van der Waals surface area contributed by atoms with Crippen molar-refractivity contribution in [2.24, 2.45) is 0 Å². The summed E-state index contributed by atoms with van der Waals surface area (Å²) in [6.45, 7) is 1.85. The third kappa shape index (κ3) is 2.96. The number of nitrogens with zero attached hydrogens (tertiary/aromatic N) is 1. The molecule has 1 heterocycles. The van der Waals surface area contributed by atoms with Crippen LogP contribution < -0.4 is 4.74 Å². The van der Waals surface area contributed by atoms with Gasteiger partial charge in [-0.05, 0) is 30.7 Å². The van der Waals surface area contributed by atoms with E-state index in [-0.39, 0.29) is 6.61 Å². The van der Waals surface area contributed by atoms with Crippen molar-refractivity contribution >= 4 is 11.6 Å². The van der Waals surface area contributed by atoms with E-state index in [1.807, 2.05) is 19.1 Å². The van der Waals surface area contributed by atoms with Gasteiger partial charge >= 0.3 is 0 Å². The average molecular weight is 250 g/mol. The number of pyridine rings is 1. The fourth-order valence-corrected chi connectivity index (χ4v) is 1.56. The lowest BCUT2D eigenvalue weighted by molar-refractivity contribution is 0.275. The van der Waals surface area contributed by atoms with Gasteiger partial charge in [0.25, 0.3) is 0 Å². The molecule has 0 bridgehead atoms. The highest BCUT2D eigenvalue weighted by molar-refractivity contribution is 6.32. The maximum atomic E-state index is 8.98. The molecule has 2 aromatic rings. The Morgan fingerprint density at radius 2 is 2.12 bits per heavy atom. The van der Waals surface area contributed by atoms with Crippen molar-refractivity contribution in [3.8, 4) is 11.6 Å². The molecule has 0 aliphatic heterocycles. The van der Waals surface area contributed by atoms with Gasteiger partial charge in [0.05, 0.1) is 17.3 Å². The molecule has 1 N–H and O–H groups in total. The summed E-state index contributed by atoms with van der Waals surface area (Å²) in [7, 11) is 0. The molecule has 88 valence electrons. The largest absolute Gasteiger partial charge is 0.437 e. The number of hydrogen-bond donors (Lipinski definition) is 1. The summed E-state index contributed by atoms with van der Waals surface area (Å²) in [6, 6.07) is 10.8. The first kappa shape index (κ1) is 11.9. The highest BCUT2D eigenvalue weighted by Crippen LogP contribution is 2.29. The molecule has 4 heteroatoms. The summed E-state index contributed by atoms with van der Waals surface area (Å²) in [6.07, 6.45) is 0. The summed E-state index contributed by atoms with van der Waals surface area (Å²) in [5.41, 5.74) is 1.62. The molecule has 0 radical (unpaired) electrons. The van der Waals surface area contributed by atoms with Gasteiger partial charge < -0.3 is 9.84 Å². The molecule has 0 atom stereocenters. The Bertz CT molecular complexity index is 529. The fourth-order valence-electron chi connectivity index (χ4n) is 1.40. The second-order valence-electron chi connectivity index (χ2n) is 3.66. The van der Waals surface area contributed by atoms with E-state index in [0.29, 0.717) is 22.3 Å². The van der Waals surface area contributed by atoms with Crippen molar-refractivity contribution in [3.63, 3.8) is 0 Å². The van der Waals surface area contributed by atoms with Gasteiger partial charge in [-0.2, -0.15) is 0 Å². The van der Waals surface area contributed by atoms with Crippen molar-refractivity contribution < 1.29 is 9.84 Å². The zero-order valence-electron chi connectivity index (χ0n) is 9.35. The third-order valence-electron chi connectivity index (χ3n) is 2.24. The van der Waals surface area contributed by atoms with Crippen LogP contribution in [-0.4, -0.2) is 10.1 Å². The van der Waals surface area contributed by atoms with Crippen LogP contribution in [0.5, 0.6) is 11.6 Å². The van der Waals surface area contributed by atoms with Crippen LogP contribution in [0.3, 0.4) is 0 Å². The van der Waals surface area contributed by atoms with Gasteiger partial charge in [-0.15, -0.1) is 0 Å². The number of rotatable bonds is 3. The van der Waals surface area contributed by atoms with Crippen molar-refractivity contribution in [2.45, 2.75) is 13.5 Å². The molecular weight excluding hydrogens is 238 g/mol. The summed E-state index contributed by atoms with van der Waals surface area (Å²) in [5.74, 6) is 0.985. The SMILES string of the molecule is Cc1ccc(Cl)c(Oc2cccc(CO)n2)c1. The van der Waals surface area contributed by atoms with E-state index in [9.17, 15) is 0 Å². The molecule has 2 rings (SSSR count). The monoisotopic (exact) mass is 249 g/mol.